The fourth-order valence-electron chi connectivity index (χ4n) is 2.44. The quantitative estimate of drug-likeness (QED) is 0.850. The number of nitrogens with two attached hydrogens (primary N) is 1. The van der Waals surface area contributed by atoms with Gasteiger partial charge in [0.05, 0.1) is 18.5 Å². The van der Waals surface area contributed by atoms with E-state index in [0.717, 1.165) is 28.1 Å². The maximum Gasteiger partial charge on any atom is 0.145 e. The van der Waals surface area contributed by atoms with Crippen molar-refractivity contribution in [1.82, 2.24) is 0 Å². The first-order chi connectivity index (χ1) is 8.13. The molecule has 0 radical (unpaired) electrons. The summed E-state index contributed by atoms with van der Waals surface area (Å²) in [4.78, 5) is 2.38. The molecule has 1 aliphatic heterocycles. The van der Waals surface area contributed by atoms with Crippen molar-refractivity contribution >= 4 is 27.3 Å². The lowest BCUT2D eigenvalue weighted by Gasteiger charge is -2.36. The second kappa shape index (κ2) is 5.17. The number of hydrogen-bond acceptors (Lipinski definition) is 3. The fraction of sp³-hybridized carbons (Fsp3) is 0.538. The Hall–Kier alpha value is -0.900. The summed E-state index contributed by atoms with van der Waals surface area (Å²) in [7, 11) is 1.65. The summed E-state index contributed by atoms with van der Waals surface area (Å²) in [6, 6.07) is 4.54. The summed E-state index contributed by atoms with van der Waals surface area (Å²) < 4.78 is 6.32. The maximum atomic E-state index is 6.17. The molecule has 1 heterocycles. The maximum absolute atomic E-state index is 6.17. The van der Waals surface area contributed by atoms with Gasteiger partial charge >= 0.3 is 0 Å². The third-order valence-corrected chi connectivity index (χ3v) is 3.88. The molecule has 2 N–H and O–H groups in total. The fourth-order valence-corrected chi connectivity index (χ4v) is 2.87. The van der Waals surface area contributed by atoms with E-state index in [1.54, 1.807) is 7.11 Å². The van der Waals surface area contributed by atoms with Crippen LogP contribution in [0.3, 0.4) is 0 Å². The minimum atomic E-state index is 0.546. The zero-order valence-corrected chi connectivity index (χ0v) is 12.0. The molecule has 0 bridgehead atoms. The molecule has 1 aromatic carbocycles. The predicted octanol–water partition coefficient (Wildman–Crippen LogP) is 3.42. The van der Waals surface area contributed by atoms with Gasteiger partial charge in [-0.15, -0.1) is 0 Å². The average molecular weight is 299 g/mol. The SMILES string of the molecule is COc1cc(Br)cc(N2CCCCC2C)c1N. The first kappa shape index (κ1) is 12.6. The molecule has 1 aromatic rings. The standard InChI is InChI=1S/C13H19BrN2O/c1-9-5-3-4-6-16(9)11-7-10(14)8-12(17-2)13(11)15/h7-9H,3-6,15H2,1-2H3. The van der Waals surface area contributed by atoms with Gasteiger partial charge in [0.2, 0.25) is 0 Å². The number of halogens is 1. The second-order valence-electron chi connectivity index (χ2n) is 4.58. The molecule has 0 saturated carbocycles. The molecule has 0 spiro atoms. The van der Waals surface area contributed by atoms with Gasteiger partial charge in [-0.2, -0.15) is 0 Å². The summed E-state index contributed by atoms with van der Waals surface area (Å²) in [5.41, 5.74) is 8.00. The van der Waals surface area contributed by atoms with E-state index in [4.69, 9.17) is 10.5 Å². The molecule has 0 amide bonds. The molecular weight excluding hydrogens is 280 g/mol. The van der Waals surface area contributed by atoms with Crippen LogP contribution in [0.15, 0.2) is 16.6 Å². The van der Waals surface area contributed by atoms with Crippen LogP contribution in [-0.4, -0.2) is 19.7 Å². The lowest BCUT2D eigenvalue weighted by atomic mass is 10.0. The number of nitrogen functional groups attached to an aromatic ring is 1. The van der Waals surface area contributed by atoms with E-state index in [9.17, 15) is 0 Å². The first-order valence-corrected chi connectivity index (χ1v) is 6.82. The van der Waals surface area contributed by atoms with Crippen LogP contribution in [0.4, 0.5) is 11.4 Å². The van der Waals surface area contributed by atoms with Gasteiger partial charge in [-0.1, -0.05) is 15.9 Å². The molecule has 3 nitrogen and oxygen atoms in total. The number of ether oxygens (including phenoxy) is 1. The number of anilines is 2. The molecule has 1 saturated heterocycles. The third kappa shape index (κ3) is 2.51. The summed E-state index contributed by atoms with van der Waals surface area (Å²) in [5, 5.41) is 0. The predicted molar refractivity (Wildman–Crippen MR) is 75.8 cm³/mol. The lowest BCUT2D eigenvalue weighted by Crippen LogP contribution is -2.37. The summed E-state index contributed by atoms with van der Waals surface area (Å²) in [6.07, 6.45) is 3.77. The summed E-state index contributed by atoms with van der Waals surface area (Å²) >= 11 is 3.51. The van der Waals surface area contributed by atoms with Crippen LogP contribution in [0.25, 0.3) is 0 Å². The van der Waals surface area contributed by atoms with Gasteiger partial charge < -0.3 is 15.4 Å². The van der Waals surface area contributed by atoms with E-state index in [1.165, 1.54) is 19.3 Å². The average Bonchev–Trinajstić information content (AvgIpc) is 2.32. The molecule has 0 aliphatic carbocycles. The van der Waals surface area contributed by atoms with E-state index < -0.39 is 0 Å². The molecule has 94 valence electrons. The van der Waals surface area contributed by atoms with Gasteiger partial charge in [0.25, 0.3) is 0 Å². The van der Waals surface area contributed by atoms with Crippen molar-refractivity contribution in [3.8, 4) is 5.75 Å². The number of benzene rings is 1. The van der Waals surface area contributed by atoms with E-state index in [1.807, 2.05) is 6.07 Å². The van der Waals surface area contributed by atoms with Crippen LogP contribution in [-0.2, 0) is 0 Å². The lowest BCUT2D eigenvalue weighted by molar-refractivity contribution is 0.416. The van der Waals surface area contributed by atoms with Crippen molar-refractivity contribution in [2.24, 2.45) is 0 Å². The van der Waals surface area contributed by atoms with Crippen molar-refractivity contribution in [2.75, 3.05) is 24.3 Å². The van der Waals surface area contributed by atoms with Crippen molar-refractivity contribution in [1.29, 1.82) is 0 Å². The van der Waals surface area contributed by atoms with Crippen molar-refractivity contribution in [3.05, 3.63) is 16.6 Å². The highest BCUT2D eigenvalue weighted by molar-refractivity contribution is 9.10. The Morgan fingerprint density at radius 1 is 1.41 bits per heavy atom. The monoisotopic (exact) mass is 298 g/mol. The van der Waals surface area contributed by atoms with E-state index in [-0.39, 0.29) is 0 Å². The van der Waals surface area contributed by atoms with Gasteiger partial charge in [0, 0.05) is 17.1 Å². The van der Waals surface area contributed by atoms with Crippen LogP contribution in [0.1, 0.15) is 26.2 Å². The summed E-state index contributed by atoms with van der Waals surface area (Å²) in [6.45, 7) is 3.33. The molecule has 1 atom stereocenters. The van der Waals surface area contributed by atoms with Crippen molar-refractivity contribution in [2.45, 2.75) is 32.2 Å². The van der Waals surface area contributed by atoms with Gasteiger partial charge in [0.15, 0.2) is 0 Å². The van der Waals surface area contributed by atoms with Crippen LogP contribution in [0.5, 0.6) is 5.75 Å². The van der Waals surface area contributed by atoms with E-state index in [0.29, 0.717) is 6.04 Å². The Balaban J connectivity index is 2.39. The smallest absolute Gasteiger partial charge is 0.145 e. The molecule has 17 heavy (non-hydrogen) atoms. The molecule has 1 unspecified atom stereocenters. The highest BCUT2D eigenvalue weighted by Gasteiger charge is 2.22. The Kier molecular flexibility index (Phi) is 3.82. The van der Waals surface area contributed by atoms with Gasteiger partial charge in [0.1, 0.15) is 5.75 Å². The number of hydrogen-bond donors (Lipinski definition) is 1. The Morgan fingerprint density at radius 3 is 2.82 bits per heavy atom. The molecule has 1 aliphatic rings. The summed E-state index contributed by atoms with van der Waals surface area (Å²) in [5.74, 6) is 0.743. The zero-order valence-electron chi connectivity index (χ0n) is 10.4. The van der Waals surface area contributed by atoms with Crippen molar-refractivity contribution in [3.63, 3.8) is 0 Å². The Morgan fingerprint density at radius 2 is 2.18 bits per heavy atom. The van der Waals surface area contributed by atoms with Gasteiger partial charge in [-0.3, -0.25) is 0 Å². The van der Waals surface area contributed by atoms with Crippen LogP contribution in [0.2, 0.25) is 0 Å². The van der Waals surface area contributed by atoms with Gasteiger partial charge in [-0.05, 0) is 38.3 Å². The zero-order chi connectivity index (χ0) is 12.4. The number of methoxy groups -OCH3 is 1. The van der Waals surface area contributed by atoms with Crippen LogP contribution < -0.4 is 15.4 Å². The molecule has 2 rings (SSSR count). The number of rotatable bonds is 2. The second-order valence-corrected chi connectivity index (χ2v) is 5.49. The molecule has 0 aromatic heterocycles. The van der Waals surface area contributed by atoms with E-state index in [2.05, 4.69) is 33.8 Å². The Labute approximate surface area is 111 Å². The minimum Gasteiger partial charge on any atom is -0.494 e. The topological polar surface area (TPSA) is 38.5 Å². The molecular formula is C13H19BrN2O. The molecule has 4 heteroatoms. The van der Waals surface area contributed by atoms with Crippen LogP contribution in [0, 0.1) is 0 Å². The Bertz CT molecular complexity index is 409. The highest BCUT2D eigenvalue weighted by Crippen LogP contribution is 2.38. The largest absolute Gasteiger partial charge is 0.494 e. The third-order valence-electron chi connectivity index (χ3n) is 3.42. The normalized spacial score (nSPS) is 20.4. The van der Waals surface area contributed by atoms with Gasteiger partial charge in [-0.25, -0.2) is 0 Å². The minimum absolute atomic E-state index is 0.546. The molecule has 1 fully saturated rings. The van der Waals surface area contributed by atoms with E-state index >= 15 is 0 Å². The number of piperidine rings is 1. The number of nitrogens with zero attached hydrogens (tertiary/aromatic N) is 1. The van der Waals surface area contributed by atoms with Crippen LogP contribution >= 0.6 is 15.9 Å². The first-order valence-electron chi connectivity index (χ1n) is 6.03. The van der Waals surface area contributed by atoms with Crippen molar-refractivity contribution < 1.29 is 4.74 Å². The highest BCUT2D eigenvalue weighted by atomic mass is 79.9.